The molecular weight excluding hydrogens is 332 g/mol. The van der Waals surface area contributed by atoms with Gasteiger partial charge in [0.2, 0.25) is 0 Å². The highest BCUT2D eigenvalue weighted by Gasteiger charge is 2.54. The van der Waals surface area contributed by atoms with E-state index >= 15 is 0 Å². The summed E-state index contributed by atoms with van der Waals surface area (Å²) in [5, 5.41) is 1.14. The van der Waals surface area contributed by atoms with Crippen LogP contribution in [0.5, 0.6) is 11.5 Å². The number of hydrogen-bond donors (Lipinski definition) is 0. The normalized spacial score (nSPS) is 26.8. The van der Waals surface area contributed by atoms with Gasteiger partial charge >= 0.3 is 0 Å². The molecule has 25 heavy (non-hydrogen) atoms. The van der Waals surface area contributed by atoms with Crippen molar-refractivity contribution in [2.45, 2.75) is 38.5 Å². The molecule has 0 amide bonds. The molecule has 4 nitrogen and oxygen atoms in total. The molecule has 2 aromatic rings. The van der Waals surface area contributed by atoms with Crippen LogP contribution in [0.25, 0.3) is 0 Å². The number of benzene rings is 1. The molecule has 5 heteroatoms. The number of methoxy groups -OCH3 is 2. The van der Waals surface area contributed by atoms with Crippen molar-refractivity contribution in [2.75, 3.05) is 34.4 Å². The minimum atomic E-state index is -0.0629. The SMILES string of the molecule is COc1ccc([C@]2(C)CN(C)C[C@@]2(C)c2nc(C)sc2C)cc1OC. The van der Waals surface area contributed by atoms with Crippen LogP contribution in [0, 0.1) is 13.8 Å². The number of aromatic nitrogens is 1. The van der Waals surface area contributed by atoms with Crippen LogP contribution in [0.1, 0.15) is 35.0 Å². The lowest BCUT2D eigenvalue weighted by Crippen LogP contribution is -2.44. The third-order valence-electron chi connectivity index (χ3n) is 5.84. The summed E-state index contributed by atoms with van der Waals surface area (Å²) < 4.78 is 11.0. The molecule has 1 aromatic heterocycles. The zero-order valence-corrected chi connectivity index (χ0v) is 17.1. The Kier molecular flexibility index (Phi) is 4.58. The molecule has 2 atom stereocenters. The van der Waals surface area contributed by atoms with Gasteiger partial charge in [0.15, 0.2) is 11.5 Å². The number of likely N-dealkylation sites (N-methyl/N-ethyl adjacent to an activating group) is 1. The summed E-state index contributed by atoms with van der Waals surface area (Å²) in [4.78, 5) is 8.66. The topological polar surface area (TPSA) is 34.6 Å². The van der Waals surface area contributed by atoms with Gasteiger partial charge in [-0.3, -0.25) is 0 Å². The van der Waals surface area contributed by atoms with Crippen LogP contribution in [-0.4, -0.2) is 44.2 Å². The average molecular weight is 361 g/mol. The van der Waals surface area contributed by atoms with Gasteiger partial charge in [-0.05, 0) is 38.6 Å². The Labute approximate surface area is 154 Å². The number of aryl methyl sites for hydroxylation is 2. The van der Waals surface area contributed by atoms with Crippen LogP contribution in [-0.2, 0) is 10.8 Å². The Morgan fingerprint density at radius 1 is 1.04 bits per heavy atom. The molecule has 0 aliphatic carbocycles. The molecule has 0 N–H and O–H groups in total. The second kappa shape index (κ2) is 6.29. The van der Waals surface area contributed by atoms with Crippen LogP contribution >= 0.6 is 11.3 Å². The minimum Gasteiger partial charge on any atom is -0.493 e. The predicted octanol–water partition coefficient (Wildman–Crippen LogP) is 3.94. The maximum absolute atomic E-state index is 5.56. The zero-order chi connectivity index (χ0) is 18.4. The van der Waals surface area contributed by atoms with Crippen molar-refractivity contribution in [3.8, 4) is 11.5 Å². The Bertz CT molecular complexity index is 788. The van der Waals surface area contributed by atoms with E-state index in [0.717, 1.165) is 29.6 Å². The summed E-state index contributed by atoms with van der Waals surface area (Å²) in [7, 11) is 5.56. The molecule has 0 radical (unpaired) electrons. The van der Waals surface area contributed by atoms with Crippen LogP contribution in [0.2, 0.25) is 0 Å². The Morgan fingerprint density at radius 3 is 2.24 bits per heavy atom. The maximum atomic E-state index is 5.56. The highest BCUT2D eigenvalue weighted by Crippen LogP contribution is 2.51. The first-order valence-corrected chi connectivity index (χ1v) is 9.42. The van der Waals surface area contributed by atoms with Gasteiger partial charge in [-0.2, -0.15) is 0 Å². The molecule has 1 fully saturated rings. The molecule has 0 saturated carbocycles. The third-order valence-corrected chi connectivity index (χ3v) is 6.72. The Hall–Kier alpha value is -1.59. The summed E-state index contributed by atoms with van der Waals surface area (Å²) in [5.74, 6) is 1.55. The summed E-state index contributed by atoms with van der Waals surface area (Å²) in [5.41, 5.74) is 2.38. The maximum Gasteiger partial charge on any atom is 0.161 e. The summed E-state index contributed by atoms with van der Waals surface area (Å²) in [6, 6.07) is 6.31. The molecule has 0 spiro atoms. The molecular formula is C20H28N2O2S. The van der Waals surface area contributed by atoms with Gasteiger partial charge in [-0.25, -0.2) is 4.98 Å². The molecule has 136 valence electrons. The van der Waals surface area contributed by atoms with Crippen molar-refractivity contribution in [3.05, 3.63) is 39.3 Å². The van der Waals surface area contributed by atoms with Crippen molar-refractivity contribution in [3.63, 3.8) is 0 Å². The third kappa shape index (κ3) is 2.74. The molecule has 0 unspecified atom stereocenters. The van der Waals surface area contributed by atoms with E-state index < -0.39 is 0 Å². The average Bonchev–Trinajstić information content (AvgIpc) is 3.03. The molecule has 1 aromatic carbocycles. The Balaban J connectivity index is 2.16. The van der Waals surface area contributed by atoms with E-state index in [1.165, 1.54) is 16.1 Å². The van der Waals surface area contributed by atoms with Gasteiger partial charge in [-0.15, -0.1) is 11.3 Å². The summed E-state index contributed by atoms with van der Waals surface area (Å²) in [6.07, 6.45) is 0. The van der Waals surface area contributed by atoms with E-state index in [2.05, 4.69) is 51.8 Å². The smallest absolute Gasteiger partial charge is 0.161 e. The monoisotopic (exact) mass is 360 g/mol. The number of rotatable bonds is 4. The van der Waals surface area contributed by atoms with Crippen LogP contribution in [0.4, 0.5) is 0 Å². The highest BCUT2D eigenvalue weighted by atomic mass is 32.1. The first kappa shape index (κ1) is 18.2. The first-order chi connectivity index (χ1) is 11.7. The fourth-order valence-corrected chi connectivity index (χ4v) is 5.40. The van der Waals surface area contributed by atoms with E-state index in [9.17, 15) is 0 Å². The summed E-state index contributed by atoms with van der Waals surface area (Å²) in [6.45, 7) is 11.0. The number of likely N-dealkylation sites (tertiary alicyclic amines) is 1. The van der Waals surface area contributed by atoms with Crippen LogP contribution in [0.3, 0.4) is 0 Å². The zero-order valence-electron chi connectivity index (χ0n) is 16.3. The summed E-state index contributed by atoms with van der Waals surface area (Å²) >= 11 is 1.79. The number of hydrogen-bond acceptors (Lipinski definition) is 5. The fraction of sp³-hybridized carbons (Fsp3) is 0.550. The van der Waals surface area contributed by atoms with Crippen molar-refractivity contribution < 1.29 is 9.47 Å². The number of nitrogens with zero attached hydrogens (tertiary/aromatic N) is 2. The molecule has 1 saturated heterocycles. The van der Waals surface area contributed by atoms with Crippen molar-refractivity contribution in [1.82, 2.24) is 9.88 Å². The highest BCUT2D eigenvalue weighted by molar-refractivity contribution is 7.11. The predicted molar refractivity (Wildman–Crippen MR) is 103 cm³/mol. The molecule has 1 aliphatic rings. The van der Waals surface area contributed by atoms with E-state index in [1.54, 1.807) is 25.6 Å². The van der Waals surface area contributed by atoms with E-state index in [-0.39, 0.29) is 10.8 Å². The van der Waals surface area contributed by atoms with E-state index in [0.29, 0.717) is 0 Å². The number of thiazole rings is 1. The lowest BCUT2D eigenvalue weighted by atomic mass is 9.62. The first-order valence-electron chi connectivity index (χ1n) is 8.61. The molecule has 2 heterocycles. The van der Waals surface area contributed by atoms with E-state index in [4.69, 9.17) is 14.5 Å². The van der Waals surface area contributed by atoms with E-state index in [1.807, 2.05) is 6.07 Å². The van der Waals surface area contributed by atoms with Crippen molar-refractivity contribution in [1.29, 1.82) is 0 Å². The lowest BCUT2D eigenvalue weighted by Gasteiger charge is -2.40. The van der Waals surface area contributed by atoms with Crippen molar-refractivity contribution >= 4 is 11.3 Å². The van der Waals surface area contributed by atoms with Gasteiger partial charge in [0.25, 0.3) is 0 Å². The van der Waals surface area contributed by atoms with Gasteiger partial charge < -0.3 is 14.4 Å². The second-order valence-corrected chi connectivity index (χ2v) is 8.95. The molecule has 1 aliphatic heterocycles. The quantitative estimate of drug-likeness (QED) is 0.827. The van der Waals surface area contributed by atoms with Crippen molar-refractivity contribution in [2.24, 2.45) is 0 Å². The lowest BCUT2D eigenvalue weighted by molar-refractivity contribution is 0.319. The van der Waals surface area contributed by atoms with Gasteiger partial charge in [0.1, 0.15) is 0 Å². The largest absolute Gasteiger partial charge is 0.493 e. The Morgan fingerprint density at radius 2 is 1.68 bits per heavy atom. The fourth-order valence-electron chi connectivity index (χ4n) is 4.45. The minimum absolute atomic E-state index is 0.0593. The standard InChI is InChI=1S/C20H28N2O2S/c1-13-18(21-14(2)25-13)20(4)12-22(5)11-19(20,3)15-8-9-16(23-6)17(10-15)24-7/h8-10H,11-12H2,1-7H3/t19-,20-/m0/s1. The number of ether oxygens (including phenoxy) is 2. The van der Waals surface area contributed by atoms with Gasteiger partial charge in [0, 0.05) is 28.8 Å². The molecule has 3 rings (SSSR count). The van der Waals surface area contributed by atoms with Gasteiger partial charge in [0.05, 0.1) is 24.9 Å². The van der Waals surface area contributed by atoms with Crippen LogP contribution < -0.4 is 9.47 Å². The van der Waals surface area contributed by atoms with Gasteiger partial charge in [-0.1, -0.05) is 19.9 Å². The second-order valence-electron chi connectivity index (χ2n) is 7.54. The molecule has 0 bridgehead atoms. The van der Waals surface area contributed by atoms with Crippen LogP contribution in [0.15, 0.2) is 18.2 Å².